The van der Waals surface area contributed by atoms with Crippen LogP contribution in [-0.4, -0.2) is 44.8 Å². The van der Waals surface area contributed by atoms with Crippen molar-refractivity contribution in [2.75, 3.05) is 20.1 Å². The highest BCUT2D eigenvalue weighted by atomic mass is 35.5. The van der Waals surface area contributed by atoms with Gasteiger partial charge in [0.2, 0.25) is 5.28 Å². The Morgan fingerprint density at radius 2 is 2.29 bits per heavy atom. The fourth-order valence-corrected chi connectivity index (χ4v) is 2.55. The fraction of sp³-hybridized carbons (Fsp3) is 0.545. The highest BCUT2D eigenvalue weighted by Crippen LogP contribution is 2.23. The summed E-state index contributed by atoms with van der Waals surface area (Å²) in [5, 5.41) is 5.65. The Hall–Kier alpha value is -1.20. The predicted octanol–water partition coefficient (Wildman–Crippen LogP) is 1.75. The fourth-order valence-electron chi connectivity index (χ4n) is 2.42. The highest BCUT2D eigenvalue weighted by molar-refractivity contribution is 6.28. The van der Waals surface area contributed by atoms with Gasteiger partial charge < -0.3 is 4.90 Å². The van der Waals surface area contributed by atoms with E-state index in [1.54, 1.807) is 12.4 Å². The molecule has 0 radical (unpaired) electrons. The lowest BCUT2D eigenvalue weighted by Gasteiger charge is -2.29. The van der Waals surface area contributed by atoms with Gasteiger partial charge in [-0.1, -0.05) is 0 Å². The van der Waals surface area contributed by atoms with Gasteiger partial charge in [0.15, 0.2) is 5.65 Å². The maximum atomic E-state index is 5.84. The Labute approximate surface area is 104 Å². The van der Waals surface area contributed by atoms with Gasteiger partial charge in [-0.05, 0) is 38.0 Å². The normalized spacial score (nSPS) is 22.1. The van der Waals surface area contributed by atoms with E-state index in [1.165, 1.54) is 6.42 Å². The Balaban J connectivity index is 2.01. The van der Waals surface area contributed by atoms with Crippen molar-refractivity contribution in [2.24, 2.45) is 0 Å². The second-order valence-corrected chi connectivity index (χ2v) is 4.90. The quantitative estimate of drug-likeness (QED) is 0.725. The minimum absolute atomic E-state index is 0.281. The number of likely N-dealkylation sites (tertiary alicyclic amines) is 1. The Morgan fingerprint density at radius 1 is 1.41 bits per heavy atom. The highest BCUT2D eigenvalue weighted by Gasteiger charge is 2.21. The third kappa shape index (κ3) is 2.00. The minimum Gasteiger partial charge on any atom is -0.304 e. The van der Waals surface area contributed by atoms with Crippen LogP contribution >= 0.6 is 11.6 Å². The standard InChI is InChI=1S/C11H14ClN5/c1-16-4-2-3-9(7-16)17-10-8(6-14-17)5-13-11(12)15-10/h5-6,9H,2-4,7H2,1H3/t9-/m0/s1. The van der Waals surface area contributed by atoms with E-state index in [1.807, 2.05) is 4.68 Å². The van der Waals surface area contributed by atoms with Crippen molar-refractivity contribution in [3.8, 4) is 0 Å². The molecule has 0 unspecified atom stereocenters. The SMILES string of the molecule is CN1CCC[C@H](n2ncc3cnc(Cl)nc32)C1. The van der Waals surface area contributed by atoms with Crippen molar-refractivity contribution in [3.63, 3.8) is 0 Å². The van der Waals surface area contributed by atoms with Gasteiger partial charge >= 0.3 is 0 Å². The second-order valence-electron chi connectivity index (χ2n) is 4.57. The molecule has 1 aliphatic rings. The molecule has 0 spiro atoms. The van der Waals surface area contributed by atoms with Crippen LogP contribution in [0.4, 0.5) is 0 Å². The molecule has 2 aromatic rings. The van der Waals surface area contributed by atoms with E-state index in [0.717, 1.165) is 30.5 Å². The Bertz CT molecular complexity index is 538. The molecule has 3 heterocycles. The molecule has 6 heteroatoms. The lowest BCUT2D eigenvalue weighted by atomic mass is 10.1. The maximum absolute atomic E-state index is 5.84. The van der Waals surface area contributed by atoms with Crippen LogP contribution in [0.1, 0.15) is 18.9 Å². The van der Waals surface area contributed by atoms with Gasteiger partial charge in [-0.25, -0.2) is 9.67 Å². The monoisotopic (exact) mass is 251 g/mol. The van der Waals surface area contributed by atoms with Crippen LogP contribution in [0.25, 0.3) is 11.0 Å². The molecular weight excluding hydrogens is 238 g/mol. The minimum atomic E-state index is 0.281. The van der Waals surface area contributed by atoms with Crippen LogP contribution in [-0.2, 0) is 0 Å². The summed E-state index contributed by atoms with van der Waals surface area (Å²) < 4.78 is 1.98. The van der Waals surface area contributed by atoms with Gasteiger partial charge in [0, 0.05) is 12.7 Å². The van der Waals surface area contributed by atoms with Gasteiger partial charge in [0.1, 0.15) is 0 Å². The summed E-state index contributed by atoms with van der Waals surface area (Å²) in [4.78, 5) is 10.6. The largest absolute Gasteiger partial charge is 0.304 e. The van der Waals surface area contributed by atoms with Crippen molar-refractivity contribution in [1.29, 1.82) is 0 Å². The molecule has 1 atom stereocenters. The summed E-state index contributed by atoms with van der Waals surface area (Å²) in [5.74, 6) is 0. The maximum Gasteiger partial charge on any atom is 0.224 e. The van der Waals surface area contributed by atoms with Crippen molar-refractivity contribution < 1.29 is 0 Å². The van der Waals surface area contributed by atoms with Crippen molar-refractivity contribution >= 4 is 22.6 Å². The summed E-state index contributed by atoms with van der Waals surface area (Å²) in [6.45, 7) is 2.17. The van der Waals surface area contributed by atoms with Crippen LogP contribution < -0.4 is 0 Å². The second kappa shape index (κ2) is 4.23. The first-order chi connectivity index (χ1) is 8.24. The van der Waals surface area contributed by atoms with Gasteiger partial charge in [0.05, 0.1) is 17.6 Å². The zero-order valence-corrected chi connectivity index (χ0v) is 10.4. The number of aromatic nitrogens is 4. The number of nitrogens with zero attached hydrogens (tertiary/aromatic N) is 5. The zero-order valence-electron chi connectivity index (χ0n) is 9.67. The molecule has 1 saturated heterocycles. The number of hydrogen-bond acceptors (Lipinski definition) is 4. The molecule has 90 valence electrons. The molecule has 0 saturated carbocycles. The van der Waals surface area contributed by atoms with E-state index in [2.05, 4.69) is 27.0 Å². The Morgan fingerprint density at radius 3 is 3.12 bits per heavy atom. The smallest absolute Gasteiger partial charge is 0.224 e. The van der Waals surface area contributed by atoms with Crippen LogP contribution in [0.15, 0.2) is 12.4 Å². The van der Waals surface area contributed by atoms with E-state index in [-0.39, 0.29) is 5.28 Å². The number of fused-ring (bicyclic) bond motifs is 1. The van der Waals surface area contributed by atoms with Gasteiger partial charge in [-0.15, -0.1) is 0 Å². The topological polar surface area (TPSA) is 46.8 Å². The first-order valence-corrected chi connectivity index (χ1v) is 6.16. The van der Waals surface area contributed by atoms with Crippen molar-refractivity contribution in [3.05, 3.63) is 17.7 Å². The van der Waals surface area contributed by atoms with Crippen LogP contribution in [0, 0.1) is 0 Å². The molecule has 0 aromatic carbocycles. The van der Waals surface area contributed by atoms with E-state index >= 15 is 0 Å². The summed E-state index contributed by atoms with van der Waals surface area (Å²) in [5.41, 5.74) is 0.838. The first-order valence-electron chi connectivity index (χ1n) is 5.78. The summed E-state index contributed by atoms with van der Waals surface area (Å²) in [6, 6.07) is 0.386. The van der Waals surface area contributed by atoms with E-state index in [0.29, 0.717) is 6.04 Å². The molecule has 3 rings (SSSR count). The summed E-state index contributed by atoms with van der Waals surface area (Å²) in [7, 11) is 2.14. The lowest BCUT2D eigenvalue weighted by Crippen LogP contribution is -2.34. The molecule has 5 nitrogen and oxygen atoms in total. The summed E-state index contributed by atoms with van der Waals surface area (Å²) >= 11 is 5.84. The lowest BCUT2D eigenvalue weighted by molar-refractivity contribution is 0.205. The van der Waals surface area contributed by atoms with Crippen LogP contribution in [0.2, 0.25) is 5.28 Å². The van der Waals surface area contributed by atoms with Gasteiger partial charge in [0.25, 0.3) is 0 Å². The molecule has 0 aliphatic carbocycles. The van der Waals surface area contributed by atoms with Crippen LogP contribution in [0.3, 0.4) is 0 Å². The van der Waals surface area contributed by atoms with E-state index < -0.39 is 0 Å². The molecule has 17 heavy (non-hydrogen) atoms. The average Bonchev–Trinajstić information content (AvgIpc) is 2.71. The first kappa shape index (κ1) is 10.9. The molecule has 0 amide bonds. The predicted molar refractivity (Wildman–Crippen MR) is 66.1 cm³/mol. The molecule has 2 aromatic heterocycles. The van der Waals surface area contributed by atoms with E-state index in [9.17, 15) is 0 Å². The molecule has 1 fully saturated rings. The molecule has 0 bridgehead atoms. The molecular formula is C11H14ClN5. The van der Waals surface area contributed by atoms with E-state index in [4.69, 9.17) is 11.6 Å². The number of rotatable bonds is 1. The molecule has 1 aliphatic heterocycles. The number of likely N-dealkylation sites (N-methyl/N-ethyl adjacent to an activating group) is 1. The van der Waals surface area contributed by atoms with Crippen molar-refractivity contribution in [2.45, 2.75) is 18.9 Å². The van der Waals surface area contributed by atoms with Gasteiger partial charge in [-0.3, -0.25) is 0 Å². The van der Waals surface area contributed by atoms with Gasteiger partial charge in [-0.2, -0.15) is 10.1 Å². The number of hydrogen-bond donors (Lipinski definition) is 0. The third-order valence-electron chi connectivity index (χ3n) is 3.25. The third-order valence-corrected chi connectivity index (χ3v) is 3.43. The zero-order chi connectivity index (χ0) is 11.8. The average molecular weight is 252 g/mol. The van der Waals surface area contributed by atoms with Crippen molar-refractivity contribution in [1.82, 2.24) is 24.6 Å². The number of halogens is 1. The number of piperidine rings is 1. The van der Waals surface area contributed by atoms with Crippen LogP contribution in [0.5, 0.6) is 0 Å². The molecule has 0 N–H and O–H groups in total. The summed E-state index contributed by atoms with van der Waals surface area (Å²) in [6.07, 6.45) is 5.87. The Kier molecular flexibility index (Phi) is 2.72.